The van der Waals surface area contributed by atoms with Gasteiger partial charge in [-0.2, -0.15) is 18.3 Å². The summed E-state index contributed by atoms with van der Waals surface area (Å²) >= 11 is 0.875. The summed E-state index contributed by atoms with van der Waals surface area (Å²) in [4.78, 5) is 27.0. The molecule has 0 bridgehead atoms. The highest BCUT2D eigenvalue weighted by molar-refractivity contribution is 7.23. The Morgan fingerprint density at radius 3 is 2.66 bits per heavy atom. The predicted octanol–water partition coefficient (Wildman–Crippen LogP) is 4.36. The lowest BCUT2D eigenvalue weighted by Crippen LogP contribution is -2.49. The number of fused-ring (bicyclic) bond motifs is 3. The Labute approximate surface area is 182 Å². The van der Waals surface area contributed by atoms with Crippen LogP contribution in [0.1, 0.15) is 19.4 Å². The molecule has 0 unspecified atom stereocenters. The largest absolute Gasteiger partial charge is 0.418 e. The van der Waals surface area contributed by atoms with Gasteiger partial charge in [0, 0.05) is 23.2 Å². The van der Waals surface area contributed by atoms with Gasteiger partial charge in [0.15, 0.2) is 5.13 Å². The van der Waals surface area contributed by atoms with Gasteiger partial charge < -0.3 is 5.32 Å². The number of amides is 1. The minimum atomic E-state index is -4.66. The number of carbonyl (C=O) groups excluding carboxylic acids is 1. The Balaban J connectivity index is 1.90. The third kappa shape index (κ3) is 4.46. The molecule has 1 aromatic carbocycles. The standard InChI is InChI=1S/C19H17F3N6O3S/c1-5-10(28(30)31)6-9(2)26-18(3,4)16(29)25-17-24-14-12(19(20,21)22)7-13-11(8-23-27-13)15(14)32-17/h5-8,26H,1-2H2,3-4H3,(H,23,27)(H,24,25,29)/b10-6+. The van der Waals surface area contributed by atoms with E-state index < -0.39 is 28.1 Å². The monoisotopic (exact) mass is 466 g/mol. The average molecular weight is 466 g/mol. The Hall–Kier alpha value is -3.74. The number of hydrogen-bond donors (Lipinski definition) is 3. The van der Waals surface area contributed by atoms with Crippen LogP contribution in [0, 0.1) is 10.1 Å². The maximum atomic E-state index is 13.5. The smallest absolute Gasteiger partial charge is 0.372 e. The predicted molar refractivity (Wildman–Crippen MR) is 115 cm³/mol. The molecule has 1 amide bonds. The average Bonchev–Trinajstić information content (AvgIpc) is 3.29. The molecule has 3 rings (SSSR count). The number of rotatable bonds is 7. The molecule has 0 spiro atoms. The highest BCUT2D eigenvalue weighted by atomic mass is 32.1. The topological polar surface area (TPSA) is 126 Å². The maximum absolute atomic E-state index is 13.5. The van der Waals surface area contributed by atoms with Crippen LogP contribution >= 0.6 is 11.3 Å². The number of thiazole rings is 1. The van der Waals surface area contributed by atoms with Crippen LogP contribution in [0.5, 0.6) is 0 Å². The van der Waals surface area contributed by atoms with Crippen LogP contribution in [-0.2, 0) is 11.0 Å². The van der Waals surface area contributed by atoms with Crippen LogP contribution in [0.4, 0.5) is 18.3 Å². The molecule has 2 heterocycles. The van der Waals surface area contributed by atoms with E-state index in [-0.39, 0.29) is 32.3 Å². The molecule has 0 aliphatic heterocycles. The van der Waals surface area contributed by atoms with Crippen LogP contribution in [0.25, 0.3) is 21.1 Å². The molecule has 3 N–H and O–H groups in total. The maximum Gasteiger partial charge on any atom is 0.418 e. The lowest BCUT2D eigenvalue weighted by molar-refractivity contribution is -0.419. The van der Waals surface area contributed by atoms with Crippen molar-refractivity contribution in [2.45, 2.75) is 25.6 Å². The second kappa shape index (κ2) is 8.07. The van der Waals surface area contributed by atoms with Crippen molar-refractivity contribution in [2.75, 3.05) is 5.32 Å². The summed E-state index contributed by atoms with van der Waals surface area (Å²) in [5.41, 5.74) is -2.64. The van der Waals surface area contributed by atoms with Crippen molar-refractivity contribution in [1.82, 2.24) is 20.5 Å². The van der Waals surface area contributed by atoms with Crippen molar-refractivity contribution in [1.29, 1.82) is 0 Å². The molecule has 32 heavy (non-hydrogen) atoms. The molecule has 9 nitrogen and oxygen atoms in total. The van der Waals surface area contributed by atoms with E-state index in [1.165, 1.54) is 20.0 Å². The molecule has 0 aliphatic rings. The zero-order valence-electron chi connectivity index (χ0n) is 16.8. The van der Waals surface area contributed by atoms with E-state index in [0.29, 0.717) is 5.39 Å². The summed E-state index contributed by atoms with van der Waals surface area (Å²) in [6.07, 6.45) is -1.14. The molecule has 0 radical (unpaired) electrons. The van der Waals surface area contributed by atoms with E-state index in [1.54, 1.807) is 0 Å². The number of halogens is 3. The SMILES string of the molecule is C=C/C(=C\C(=C)NC(C)(C)C(=O)Nc1nc2c(C(F)(F)F)cc3[nH]ncc3c2s1)[N+](=O)[O-]. The van der Waals surface area contributed by atoms with E-state index in [0.717, 1.165) is 29.6 Å². The van der Waals surface area contributed by atoms with Crippen LogP contribution < -0.4 is 10.6 Å². The molecular formula is C19H17F3N6O3S. The summed E-state index contributed by atoms with van der Waals surface area (Å²) in [6.45, 7) is 9.92. The molecule has 168 valence electrons. The van der Waals surface area contributed by atoms with Crippen LogP contribution in [-0.4, -0.2) is 31.6 Å². The van der Waals surface area contributed by atoms with E-state index >= 15 is 0 Å². The highest BCUT2D eigenvalue weighted by Crippen LogP contribution is 2.41. The normalized spacial score (nSPS) is 12.7. The summed E-state index contributed by atoms with van der Waals surface area (Å²) in [6, 6.07) is 0.921. The van der Waals surface area contributed by atoms with Gasteiger partial charge in [0.2, 0.25) is 0 Å². The van der Waals surface area contributed by atoms with Crippen LogP contribution in [0.15, 0.2) is 49.0 Å². The molecule has 13 heteroatoms. The van der Waals surface area contributed by atoms with E-state index in [2.05, 4.69) is 39.0 Å². The number of benzene rings is 1. The molecule has 0 saturated carbocycles. The Morgan fingerprint density at radius 2 is 2.06 bits per heavy atom. The van der Waals surface area contributed by atoms with Gasteiger partial charge in [-0.3, -0.25) is 25.3 Å². The summed E-state index contributed by atoms with van der Waals surface area (Å²) < 4.78 is 40.7. The second-order valence-electron chi connectivity index (χ2n) is 7.21. The number of aromatic nitrogens is 3. The Kier molecular flexibility index (Phi) is 5.78. The summed E-state index contributed by atoms with van der Waals surface area (Å²) in [5, 5.41) is 22.8. The molecule has 0 fully saturated rings. The lowest BCUT2D eigenvalue weighted by Gasteiger charge is -2.25. The molecule has 0 atom stereocenters. The van der Waals surface area contributed by atoms with Gasteiger partial charge in [0.05, 0.1) is 32.4 Å². The number of anilines is 1. The number of nitrogens with zero attached hydrogens (tertiary/aromatic N) is 3. The van der Waals surface area contributed by atoms with Crippen molar-refractivity contribution < 1.29 is 22.9 Å². The molecule has 3 aromatic rings. The first-order valence-electron chi connectivity index (χ1n) is 8.94. The zero-order chi connectivity index (χ0) is 23.8. The Bertz CT molecular complexity index is 1290. The van der Waals surface area contributed by atoms with Gasteiger partial charge in [-0.15, -0.1) is 0 Å². The number of allylic oxidation sites excluding steroid dienone is 2. The van der Waals surface area contributed by atoms with Crippen molar-refractivity contribution in [3.63, 3.8) is 0 Å². The van der Waals surface area contributed by atoms with Crippen molar-refractivity contribution in [2.24, 2.45) is 0 Å². The summed E-state index contributed by atoms with van der Waals surface area (Å²) in [7, 11) is 0. The number of hydrogen-bond acceptors (Lipinski definition) is 7. The number of alkyl halides is 3. The van der Waals surface area contributed by atoms with Crippen LogP contribution in [0.2, 0.25) is 0 Å². The first-order valence-corrected chi connectivity index (χ1v) is 9.76. The van der Waals surface area contributed by atoms with Gasteiger partial charge in [0.25, 0.3) is 11.6 Å². The van der Waals surface area contributed by atoms with Gasteiger partial charge >= 0.3 is 6.18 Å². The van der Waals surface area contributed by atoms with E-state index in [4.69, 9.17) is 0 Å². The van der Waals surface area contributed by atoms with Crippen molar-refractivity contribution in [3.05, 3.63) is 64.6 Å². The zero-order valence-corrected chi connectivity index (χ0v) is 17.6. The minimum Gasteiger partial charge on any atom is -0.372 e. The second-order valence-corrected chi connectivity index (χ2v) is 8.21. The summed E-state index contributed by atoms with van der Waals surface area (Å²) in [5.74, 6) is -0.635. The fourth-order valence-corrected chi connectivity index (χ4v) is 3.87. The van der Waals surface area contributed by atoms with Crippen LogP contribution in [0.3, 0.4) is 0 Å². The number of nitro groups is 1. The van der Waals surface area contributed by atoms with E-state index in [1.807, 2.05) is 0 Å². The third-order valence-corrected chi connectivity index (χ3v) is 5.40. The number of nitrogens with one attached hydrogen (secondary N) is 3. The molecule has 0 aliphatic carbocycles. The van der Waals surface area contributed by atoms with Gasteiger partial charge in [-0.25, -0.2) is 4.98 Å². The van der Waals surface area contributed by atoms with Crippen molar-refractivity contribution in [3.8, 4) is 0 Å². The third-order valence-electron chi connectivity index (χ3n) is 4.39. The fraction of sp³-hybridized carbons (Fsp3) is 0.211. The quantitative estimate of drug-likeness (QED) is 0.270. The highest BCUT2D eigenvalue weighted by Gasteiger charge is 2.36. The molecule has 2 aromatic heterocycles. The number of carbonyl (C=O) groups is 1. The van der Waals surface area contributed by atoms with Gasteiger partial charge in [0.1, 0.15) is 5.54 Å². The number of aromatic amines is 1. The number of H-pyrrole nitrogens is 1. The fourth-order valence-electron chi connectivity index (χ4n) is 2.87. The first kappa shape index (κ1) is 22.9. The van der Waals surface area contributed by atoms with Gasteiger partial charge in [-0.1, -0.05) is 24.5 Å². The lowest BCUT2D eigenvalue weighted by atomic mass is 10.0. The van der Waals surface area contributed by atoms with Crippen molar-refractivity contribution >= 4 is 43.5 Å². The molecule has 0 saturated heterocycles. The first-order chi connectivity index (χ1) is 14.8. The Morgan fingerprint density at radius 1 is 1.38 bits per heavy atom. The van der Waals surface area contributed by atoms with E-state index in [9.17, 15) is 28.1 Å². The molecular weight excluding hydrogens is 449 g/mol. The minimum absolute atomic E-state index is 0.0442. The van der Waals surface area contributed by atoms with Gasteiger partial charge in [-0.05, 0) is 19.9 Å².